The Balaban J connectivity index is 1.74. The molecule has 7 heteroatoms. The molecule has 22 heavy (non-hydrogen) atoms. The molecule has 1 N–H and O–H groups in total. The van der Waals surface area contributed by atoms with Crippen molar-refractivity contribution < 1.29 is 22.7 Å². The highest BCUT2D eigenvalue weighted by Crippen LogP contribution is 2.17. The van der Waals surface area contributed by atoms with Gasteiger partial charge in [-0.2, -0.15) is 0 Å². The quantitative estimate of drug-likeness (QED) is 0.812. The number of ether oxygens (including phenoxy) is 2. The number of hydrogen-bond donors (Lipinski definition) is 1. The van der Waals surface area contributed by atoms with E-state index in [2.05, 4.69) is 5.32 Å². The van der Waals surface area contributed by atoms with E-state index >= 15 is 0 Å². The average molecular weight is 327 g/mol. The first-order chi connectivity index (χ1) is 10.5. The monoisotopic (exact) mass is 327 g/mol. The van der Waals surface area contributed by atoms with Crippen LogP contribution in [0.1, 0.15) is 19.8 Å². The summed E-state index contributed by atoms with van der Waals surface area (Å²) in [4.78, 5) is 11.7. The minimum absolute atomic E-state index is 0.0161. The van der Waals surface area contributed by atoms with Gasteiger partial charge in [0, 0.05) is 6.04 Å². The molecular formula is C15H21NO5S. The van der Waals surface area contributed by atoms with Crippen LogP contribution in [0.5, 0.6) is 11.5 Å². The molecule has 1 amide bonds. The Kier molecular flexibility index (Phi) is 5.65. The summed E-state index contributed by atoms with van der Waals surface area (Å²) in [6.45, 7) is 2.56. The first-order valence-corrected chi connectivity index (χ1v) is 9.16. The molecule has 1 saturated heterocycles. The van der Waals surface area contributed by atoms with E-state index in [0.29, 0.717) is 18.8 Å². The molecule has 2 rings (SSSR count). The molecule has 0 unspecified atom stereocenters. The Bertz CT molecular complexity index is 597. The molecule has 0 aliphatic carbocycles. The standard InChI is InChI=1S/C15H21NO5S/c1-2-8-20-13-3-5-14(6-4-13)21-10-15(17)16-12-7-9-22(18,19)11-12/h3-6,12H,2,7-11H2,1H3,(H,16,17)/t12-/m0/s1. The fraction of sp³-hybridized carbons (Fsp3) is 0.533. The first-order valence-electron chi connectivity index (χ1n) is 7.34. The molecule has 6 nitrogen and oxygen atoms in total. The summed E-state index contributed by atoms with van der Waals surface area (Å²) in [7, 11) is -2.99. The van der Waals surface area contributed by atoms with Gasteiger partial charge in [0.15, 0.2) is 16.4 Å². The van der Waals surface area contributed by atoms with Gasteiger partial charge < -0.3 is 14.8 Å². The molecule has 1 aliphatic rings. The lowest BCUT2D eigenvalue weighted by atomic mass is 10.2. The van der Waals surface area contributed by atoms with Crippen molar-refractivity contribution in [3.8, 4) is 11.5 Å². The van der Waals surface area contributed by atoms with E-state index in [-0.39, 0.29) is 30.1 Å². The molecule has 1 aromatic rings. The topological polar surface area (TPSA) is 81.7 Å². The van der Waals surface area contributed by atoms with Crippen molar-refractivity contribution in [1.82, 2.24) is 5.32 Å². The van der Waals surface area contributed by atoms with Crippen LogP contribution in [0, 0.1) is 0 Å². The molecule has 0 aromatic heterocycles. The molecule has 1 aliphatic heterocycles. The van der Waals surface area contributed by atoms with Crippen molar-refractivity contribution in [3.05, 3.63) is 24.3 Å². The summed E-state index contributed by atoms with van der Waals surface area (Å²) in [6, 6.07) is 6.74. The maximum Gasteiger partial charge on any atom is 0.258 e. The second kappa shape index (κ2) is 7.49. The van der Waals surface area contributed by atoms with Crippen LogP contribution in [-0.2, 0) is 14.6 Å². The number of hydrogen-bond acceptors (Lipinski definition) is 5. The van der Waals surface area contributed by atoms with Crippen molar-refractivity contribution in [2.75, 3.05) is 24.7 Å². The van der Waals surface area contributed by atoms with Gasteiger partial charge in [-0.1, -0.05) is 6.92 Å². The van der Waals surface area contributed by atoms with Gasteiger partial charge in [-0.3, -0.25) is 4.79 Å². The fourth-order valence-electron chi connectivity index (χ4n) is 2.18. The van der Waals surface area contributed by atoms with E-state index < -0.39 is 9.84 Å². The zero-order chi connectivity index (χ0) is 16.0. The third-order valence-electron chi connectivity index (χ3n) is 3.26. The lowest BCUT2D eigenvalue weighted by molar-refractivity contribution is -0.123. The van der Waals surface area contributed by atoms with Gasteiger partial charge in [-0.05, 0) is 37.1 Å². The first kappa shape index (κ1) is 16.6. The fourth-order valence-corrected chi connectivity index (χ4v) is 3.85. The molecule has 1 fully saturated rings. The number of amides is 1. The van der Waals surface area contributed by atoms with Crippen LogP contribution in [0.15, 0.2) is 24.3 Å². The maximum atomic E-state index is 11.7. The van der Waals surface area contributed by atoms with Crippen LogP contribution in [-0.4, -0.2) is 45.1 Å². The Morgan fingerprint density at radius 3 is 2.41 bits per heavy atom. The van der Waals surface area contributed by atoms with Gasteiger partial charge in [-0.15, -0.1) is 0 Å². The van der Waals surface area contributed by atoms with Crippen molar-refractivity contribution in [2.24, 2.45) is 0 Å². The van der Waals surface area contributed by atoms with Gasteiger partial charge in [0.1, 0.15) is 11.5 Å². The van der Waals surface area contributed by atoms with Crippen LogP contribution >= 0.6 is 0 Å². The Labute approximate surface area is 130 Å². The molecule has 122 valence electrons. The van der Waals surface area contributed by atoms with Crippen molar-refractivity contribution >= 4 is 15.7 Å². The van der Waals surface area contributed by atoms with Gasteiger partial charge in [0.05, 0.1) is 18.1 Å². The van der Waals surface area contributed by atoms with Crippen LogP contribution in [0.4, 0.5) is 0 Å². The van der Waals surface area contributed by atoms with Crippen LogP contribution in [0.3, 0.4) is 0 Å². The van der Waals surface area contributed by atoms with Crippen molar-refractivity contribution in [2.45, 2.75) is 25.8 Å². The third kappa shape index (κ3) is 5.22. The molecule has 1 heterocycles. The number of rotatable bonds is 7. The number of nitrogens with one attached hydrogen (secondary N) is 1. The smallest absolute Gasteiger partial charge is 0.258 e. The van der Waals surface area contributed by atoms with Gasteiger partial charge in [0.25, 0.3) is 5.91 Å². The van der Waals surface area contributed by atoms with Crippen molar-refractivity contribution in [3.63, 3.8) is 0 Å². The van der Waals surface area contributed by atoms with E-state index in [0.717, 1.165) is 12.2 Å². The highest BCUT2D eigenvalue weighted by molar-refractivity contribution is 7.91. The predicted molar refractivity (Wildman–Crippen MR) is 82.9 cm³/mol. The van der Waals surface area contributed by atoms with E-state index in [1.807, 2.05) is 6.92 Å². The zero-order valence-electron chi connectivity index (χ0n) is 12.6. The van der Waals surface area contributed by atoms with E-state index in [4.69, 9.17) is 9.47 Å². The van der Waals surface area contributed by atoms with E-state index in [1.165, 1.54) is 0 Å². The number of carbonyl (C=O) groups is 1. The SMILES string of the molecule is CCCOc1ccc(OCC(=O)N[C@H]2CCS(=O)(=O)C2)cc1. The van der Waals surface area contributed by atoms with Gasteiger partial charge in [0.2, 0.25) is 0 Å². The zero-order valence-corrected chi connectivity index (χ0v) is 13.4. The second-order valence-electron chi connectivity index (χ2n) is 5.28. The maximum absolute atomic E-state index is 11.7. The van der Waals surface area contributed by atoms with E-state index in [1.54, 1.807) is 24.3 Å². The minimum atomic E-state index is -2.99. The van der Waals surface area contributed by atoms with Gasteiger partial charge >= 0.3 is 0 Å². The largest absolute Gasteiger partial charge is 0.494 e. The second-order valence-corrected chi connectivity index (χ2v) is 7.50. The lowest BCUT2D eigenvalue weighted by Gasteiger charge is -2.12. The summed E-state index contributed by atoms with van der Waals surface area (Å²) >= 11 is 0. The number of sulfone groups is 1. The Hall–Kier alpha value is -1.76. The number of benzene rings is 1. The van der Waals surface area contributed by atoms with Gasteiger partial charge in [-0.25, -0.2) is 8.42 Å². The minimum Gasteiger partial charge on any atom is -0.494 e. The summed E-state index contributed by atoms with van der Waals surface area (Å²) < 4.78 is 33.5. The number of carbonyl (C=O) groups excluding carboxylic acids is 1. The molecule has 1 atom stereocenters. The molecular weight excluding hydrogens is 306 g/mol. The Morgan fingerprint density at radius 2 is 1.86 bits per heavy atom. The highest BCUT2D eigenvalue weighted by atomic mass is 32.2. The molecule has 1 aromatic carbocycles. The molecule has 0 radical (unpaired) electrons. The molecule has 0 bridgehead atoms. The predicted octanol–water partition coefficient (Wildman–Crippen LogP) is 1.16. The normalized spacial score (nSPS) is 19.6. The van der Waals surface area contributed by atoms with Crippen LogP contribution in [0.2, 0.25) is 0 Å². The molecule has 0 spiro atoms. The van der Waals surface area contributed by atoms with Crippen molar-refractivity contribution in [1.29, 1.82) is 0 Å². The summed E-state index contributed by atoms with van der Waals surface area (Å²) in [6.07, 6.45) is 1.41. The molecule has 0 saturated carbocycles. The Morgan fingerprint density at radius 1 is 1.23 bits per heavy atom. The van der Waals surface area contributed by atoms with E-state index in [9.17, 15) is 13.2 Å². The highest BCUT2D eigenvalue weighted by Gasteiger charge is 2.28. The average Bonchev–Trinajstić information content (AvgIpc) is 2.83. The lowest BCUT2D eigenvalue weighted by Crippen LogP contribution is -2.38. The van der Waals surface area contributed by atoms with Crippen LogP contribution in [0.25, 0.3) is 0 Å². The summed E-state index contributed by atoms with van der Waals surface area (Å²) in [5.74, 6) is 1.17. The third-order valence-corrected chi connectivity index (χ3v) is 5.03. The summed E-state index contributed by atoms with van der Waals surface area (Å²) in [5.41, 5.74) is 0. The van der Waals surface area contributed by atoms with Crippen LogP contribution < -0.4 is 14.8 Å². The summed E-state index contributed by atoms with van der Waals surface area (Å²) in [5, 5.41) is 2.68.